The molecule has 3 aromatic rings. The number of ether oxygens (including phenoxy) is 3. The number of fused-ring (bicyclic) bond motifs is 1. The van der Waals surface area contributed by atoms with Gasteiger partial charge in [0.25, 0.3) is 5.91 Å². The minimum absolute atomic E-state index is 0.139. The van der Waals surface area contributed by atoms with E-state index in [4.69, 9.17) is 25.8 Å². The normalized spacial score (nSPS) is 14.6. The third-order valence-electron chi connectivity index (χ3n) is 6.13. The molecule has 11 heteroatoms. The van der Waals surface area contributed by atoms with E-state index in [9.17, 15) is 9.59 Å². The first-order valence-electron chi connectivity index (χ1n) is 11.9. The Labute approximate surface area is 220 Å². The van der Waals surface area contributed by atoms with Crippen molar-refractivity contribution >= 4 is 34.8 Å². The highest BCUT2D eigenvalue weighted by molar-refractivity contribution is 6.32. The fourth-order valence-corrected chi connectivity index (χ4v) is 4.53. The van der Waals surface area contributed by atoms with Crippen LogP contribution in [0, 0.1) is 0 Å². The van der Waals surface area contributed by atoms with Crippen molar-refractivity contribution in [3.05, 3.63) is 52.9 Å². The maximum absolute atomic E-state index is 12.6. The molecule has 4 heterocycles. The topological polar surface area (TPSA) is 118 Å². The lowest BCUT2D eigenvalue weighted by atomic mass is 10.0. The van der Waals surface area contributed by atoms with Gasteiger partial charge in [0, 0.05) is 50.4 Å². The van der Waals surface area contributed by atoms with Crippen LogP contribution >= 0.6 is 11.6 Å². The number of morpholine rings is 1. The van der Waals surface area contributed by atoms with E-state index in [1.54, 1.807) is 44.5 Å². The number of methoxy groups -OCH3 is 2. The first-order valence-corrected chi connectivity index (χ1v) is 12.3. The summed E-state index contributed by atoms with van der Waals surface area (Å²) in [5, 5.41) is 6.72. The molecule has 1 aromatic carbocycles. The van der Waals surface area contributed by atoms with E-state index in [0.717, 1.165) is 30.0 Å². The van der Waals surface area contributed by atoms with Gasteiger partial charge in [0.1, 0.15) is 5.75 Å². The van der Waals surface area contributed by atoms with Gasteiger partial charge in [0.2, 0.25) is 5.91 Å². The Bertz CT molecular complexity index is 1270. The number of anilines is 2. The molecule has 3 N–H and O–H groups in total. The molecule has 0 spiro atoms. The maximum Gasteiger partial charge on any atom is 0.255 e. The standard InChI is InChI=1S/C20H19ClN4O3.C6H11NO2/c1-27-15-10-22-8-6-11(15)17-18(16-13(24-17)7-9-23-20(16)26)25-14-5-3-4-12(21)19(14)28-2;1-6(8)7-2-4-9-5-3-7/h3-6,8,10,24-25H,7,9H2,1-2H3,(H,23,26);2-5H2,1H3. The summed E-state index contributed by atoms with van der Waals surface area (Å²) in [6.07, 6.45) is 4.02. The monoisotopic (exact) mass is 527 g/mol. The lowest BCUT2D eigenvalue weighted by molar-refractivity contribution is -0.132. The molecule has 2 aliphatic rings. The van der Waals surface area contributed by atoms with Crippen molar-refractivity contribution < 1.29 is 23.8 Å². The first-order chi connectivity index (χ1) is 17.9. The van der Waals surface area contributed by atoms with Crippen LogP contribution in [-0.2, 0) is 16.0 Å². The van der Waals surface area contributed by atoms with E-state index >= 15 is 0 Å². The molecule has 1 saturated heterocycles. The molecule has 0 radical (unpaired) electrons. The van der Waals surface area contributed by atoms with Gasteiger partial charge in [-0.1, -0.05) is 17.7 Å². The number of hydrogen-bond donors (Lipinski definition) is 3. The van der Waals surface area contributed by atoms with Gasteiger partial charge in [-0.2, -0.15) is 0 Å². The Hall–Kier alpha value is -3.76. The van der Waals surface area contributed by atoms with Crippen LogP contribution in [0.4, 0.5) is 11.4 Å². The number of H-pyrrole nitrogens is 1. The van der Waals surface area contributed by atoms with Crippen LogP contribution in [0.2, 0.25) is 5.02 Å². The smallest absolute Gasteiger partial charge is 0.255 e. The number of halogens is 1. The van der Waals surface area contributed by atoms with E-state index in [-0.39, 0.29) is 11.8 Å². The zero-order valence-corrected chi connectivity index (χ0v) is 21.8. The largest absolute Gasteiger partial charge is 0.494 e. The number of aromatic amines is 1. The van der Waals surface area contributed by atoms with Crippen LogP contribution in [0.15, 0.2) is 36.7 Å². The van der Waals surface area contributed by atoms with Gasteiger partial charge in [-0.25, -0.2) is 0 Å². The van der Waals surface area contributed by atoms with Crippen LogP contribution in [0.3, 0.4) is 0 Å². The molecule has 2 aromatic heterocycles. The highest BCUT2D eigenvalue weighted by atomic mass is 35.5. The van der Waals surface area contributed by atoms with Crippen LogP contribution in [0.5, 0.6) is 11.5 Å². The van der Waals surface area contributed by atoms with Crippen LogP contribution in [-0.4, -0.2) is 73.7 Å². The lowest BCUT2D eigenvalue weighted by Gasteiger charge is -2.25. The summed E-state index contributed by atoms with van der Waals surface area (Å²) in [6, 6.07) is 7.25. The third kappa shape index (κ3) is 5.81. The summed E-state index contributed by atoms with van der Waals surface area (Å²) in [4.78, 5) is 32.6. The summed E-state index contributed by atoms with van der Waals surface area (Å²) in [5.74, 6) is 1.11. The Kier molecular flexibility index (Phi) is 8.52. The predicted molar refractivity (Wildman–Crippen MR) is 141 cm³/mol. The molecular formula is C26H30ClN5O5. The summed E-state index contributed by atoms with van der Waals surface area (Å²) in [7, 11) is 3.14. The van der Waals surface area contributed by atoms with Crippen LogP contribution in [0.25, 0.3) is 11.3 Å². The second kappa shape index (κ2) is 12.0. The lowest BCUT2D eigenvalue weighted by Crippen LogP contribution is -2.39. The number of carbonyl (C=O) groups is 2. The number of para-hydroxylation sites is 1. The number of hydrogen-bond acceptors (Lipinski definition) is 7. The Morgan fingerprint density at radius 3 is 2.65 bits per heavy atom. The Morgan fingerprint density at radius 1 is 1.19 bits per heavy atom. The molecule has 0 bridgehead atoms. The number of nitrogens with one attached hydrogen (secondary N) is 3. The molecule has 1 fully saturated rings. The molecule has 0 unspecified atom stereocenters. The van der Waals surface area contributed by atoms with Crippen molar-refractivity contribution in [1.29, 1.82) is 0 Å². The van der Waals surface area contributed by atoms with Gasteiger partial charge in [-0.15, -0.1) is 0 Å². The van der Waals surface area contributed by atoms with E-state index < -0.39 is 0 Å². The number of pyridine rings is 1. The zero-order valence-electron chi connectivity index (χ0n) is 21.0. The first kappa shape index (κ1) is 26.3. The molecule has 0 atom stereocenters. The highest BCUT2D eigenvalue weighted by Gasteiger charge is 2.28. The van der Waals surface area contributed by atoms with Crippen molar-refractivity contribution in [2.45, 2.75) is 13.3 Å². The van der Waals surface area contributed by atoms with Gasteiger partial charge in [-0.3, -0.25) is 14.6 Å². The number of amides is 2. The average Bonchev–Trinajstić information content (AvgIpc) is 3.29. The van der Waals surface area contributed by atoms with Crippen molar-refractivity contribution in [3.63, 3.8) is 0 Å². The number of benzene rings is 1. The third-order valence-corrected chi connectivity index (χ3v) is 6.42. The number of carbonyl (C=O) groups excluding carboxylic acids is 2. The van der Waals surface area contributed by atoms with E-state index in [1.807, 2.05) is 18.2 Å². The molecular weight excluding hydrogens is 498 g/mol. The molecule has 5 rings (SSSR count). The van der Waals surface area contributed by atoms with Crippen LogP contribution < -0.4 is 20.1 Å². The van der Waals surface area contributed by atoms with Crippen molar-refractivity contribution in [2.75, 3.05) is 52.4 Å². The molecule has 37 heavy (non-hydrogen) atoms. The minimum atomic E-state index is -0.139. The summed E-state index contributed by atoms with van der Waals surface area (Å²) >= 11 is 6.27. The van der Waals surface area contributed by atoms with E-state index in [2.05, 4.69) is 20.6 Å². The van der Waals surface area contributed by atoms with Gasteiger partial charge in [0.05, 0.1) is 61.3 Å². The molecule has 10 nitrogen and oxygen atoms in total. The highest BCUT2D eigenvalue weighted by Crippen LogP contribution is 2.42. The van der Waals surface area contributed by atoms with Gasteiger partial charge in [0.15, 0.2) is 5.75 Å². The number of rotatable bonds is 5. The molecule has 196 valence electrons. The van der Waals surface area contributed by atoms with Gasteiger partial charge >= 0.3 is 0 Å². The summed E-state index contributed by atoms with van der Waals surface area (Å²) in [6.45, 7) is 5.08. The van der Waals surface area contributed by atoms with Gasteiger partial charge in [-0.05, 0) is 18.2 Å². The maximum atomic E-state index is 12.6. The number of nitrogens with zero attached hydrogens (tertiary/aromatic N) is 2. The van der Waals surface area contributed by atoms with Crippen molar-refractivity contribution in [3.8, 4) is 22.8 Å². The Morgan fingerprint density at radius 2 is 1.97 bits per heavy atom. The number of aromatic nitrogens is 2. The summed E-state index contributed by atoms with van der Waals surface area (Å²) < 4.78 is 16.0. The predicted octanol–water partition coefficient (Wildman–Crippen LogP) is 3.64. The Balaban J connectivity index is 0.000000301. The van der Waals surface area contributed by atoms with Crippen molar-refractivity contribution in [2.24, 2.45) is 0 Å². The quantitative estimate of drug-likeness (QED) is 0.463. The minimum Gasteiger partial charge on any atom is -0.494 e. The average molecular weight is 528 g/mol. The summed E-state index contributed by atoms with van der Waals surface area (Å²) in [5.41, 5.74) is 4.26. The van der Waals surface area contributed by atoms with Crippen LogP contribution in [0.1, 0.15) is 23.0 Å². The zero-order chi connectivity index (χ0) is 26.4. The molecule has 2 amide bonds. The van der Waals surface area contributed by atoms with E-state index in [0.29, 0.717) is 59.6 Å². The fourth-order valence-electron chi connectivity index (χ4n) is 4.28. The second-order valence-corrected chi connectivity index (χ2v) is 8.78. The molecule has 0 aliphatic carbocycles. The van der Waals surface area contributed by atoms with Crippen molar-refractivity contribution in [1.82, 2.24) is 20.2 Å². The van der Waals surface area contributed by atoms with E-state index in [1.165, 1.54) is 0 Å². The fraction of sp³-hybridized carbons (Fsp3) is 0.346. The second-order valence-electron chi connectivity index (χ2n) is 8.37. The van der Waals surface area contributed by atoms with Gasteiger partial charge < -0.3 is 34.7 Å². The molecule has 2 aliphatic heterocycles. The molecule has 0 saturated carbocycles. The SMILES string of the molecule is CC(=O)N1CCOCC1.COc1cnccc1-c1[nH]c2c(c1Nc1cccc(Cl)c1OC)C(=O)NCC2.